The van der Waals surface area contributed by atoms with E-state index in [1.165, 1.54) is 0 Å². The Morgan fingerprint density at radius 3 is 2.31 bits per heavy atom. The van der Waals surface area contributed by atoms with Crippen LogP contribution in [-0.4, -0.2) is 24.1 Å². The summed E-state index contributed by atoms with van der Waals surface area (Å²) >= 11 is 0. The number of carbonyl (C=O) groups excluding carboxylic acids is 2. The van der Waals surface area contributed by atoms with E-state index in [0.717, 1.165) is 0 Å². The van der Waals surface area contributed by atoms with E-state index in [2.05, 4.69) is 0 Å². The Morgan fingerprint density at radius 2 is 1.65 bits per heavy atom. The molecule has 2 atom stereocenters. The quantitative estimate of drug-likeness (QED) is 0.701. The highest BCUT2D eigenvalue weighted by Gasteiger charge is 2.25. The van der Waals surface area contributed by atoms with E-state index in [1.54, 1.807) is 38.1 Å². The van der Waals surface area contributed by atoms with Crippen LogP contribution in [0.5, 0.6) is 0 Å². The van der Waals surface area contributed by atoms with E-state index in [-0.39, 0.29) is 35.5 Å². The highest BCUT2D eigenvalue weighted by molar-refractivity contribution is 5.92. The summed E-state index contributed by atoms with van der Waals surface area (Å²) in [6.45, 7) is 7.27. The Morgan fingerprint density at radius 1 is 1.04 bits per heavy atom. The van der Waals surface area contributed by atoms with Crippen LogP contribution in [0, 0.1) is 0 Å². The van der Waals surface area contributed by atoms with E-state index in [0.29, 0.717) is 18.2 Å². The van der Waals surface area contributed by atoms with Gasteiger partial charge in [-0.05, 0) is 38.8 Å². The Balaban J connectivity index is 2.48. The third-order valence-corrected chi connectivity index (χ3v) is 4.19. The van der Waals surface area contributed by atoms with Gasteiger partial charge in [0.2, 0.25) is 5.76 Å². The van der Waals surface area contributed by atoms with Crippen molar-refractivity contribution in [1.29, 1.82) is 0 Å². The predicted molar refractivity (Wildman–Crippen MR) is 97.2 cm³/mol. The van der Waals surface area contributed by atoms with Crippen molar-refractivity contribution in [2.75, 3.05) is 0 Å². The van der Waals surface area contributed by atoms with Gasteiger partial charge in [0.1, 0.15) is 5.58 Å². The molecule has 0 saturated heterocycles. The third-order valence-electron chi connectivity index (χ3n) is 4.19. The summed E-state index contributed by atoms with van der Waals surface area (Å²) in [6, 6.07) is 6.58. The molecule has 0 fully saturated rings. The van der Waals surface area contributed by atoms with Crippen molar-refractivity contribution in [3.8, 4) is 0 Å². The Bertz CT molecular complexity index is 851. The molecule has 0 N–H and O–H groups in total. The van der Waals surface area contributed by atoms with Crippen LogP contribution in [0.4, 0.5) is 0 Å². The van der Waals surface area contributed by atoms with Gasteiger partial charge in [-0.3, -0.25) is 9.59 Å². The number of esters is 2. The van der Waals surface area contributed by atoms with Crippen LogP contribution in [0.1, 0.15) is 56.7 Å². The van der Waals surface area contributed by atoms with Crippen molar-refractivity contribution in [3.05, 3.63) is 45.8 Å². The molecule has 1 heterocycles. The number of hydrogen-bond acceptors (Lipinski definition) is 6. The zero-order valence-corrected chi connectivity index (χ0v) is 15.5. The summed E-state index contributed by atoms with van der Waals surface area (Å²) in [5.74, 6) is -1.58. The largest absolute Gasteiger partial charge is 0.462 e. The van der Waals surface area contributed by atoms with Gasteiger partial charge in [0.05, 0.1) is 29.6 Å². The summed E-state index contributed by atoms with van der Waals surface area (Å²) in [6.07, 6.45) is 0.322. The highest BCUT2D eigenvalue weighted by Crippen LogP contribution is 2.18. The number of para-hydroxylation sites is 1. The van der Waals surface area contributed by atoms with E-state index in [9.17, 15) is 14.4 Å². The van der Waals surface area contributed by atoms with Crippen molar-refractivity contribution >= 4 is 22.9 Å². The second-order valence-corrected chi connectivity index (χ2v) is 6.24. The van der Waals surface area contributed by atoms with Gasteiger partial charge in [0.15, 0.2) is 5.43 Å². The minimum atomic E-state index is -0.756. The van der Waals surface area contributed by atoms with Gasteiger partial charge in [-0.1, -0.05) is 26.0 Å². The molecule has 0 aliphatic carbocycles. The maximum absolute atomic E-state index is 12.8. The monoisotopic (exact) mass is 360 g/mol. The van der Waals surface area contributed by atoms with Crippen molar-refractivity contribution in [2.45, 2.75) is 59.2 Å². The van der Waals surface area contributed by atoms with Crippen LogP contribution in [0.25, 0.3) is 11.0 Å². The van der Waals surface area contributed by atoms with Gasteiger partial charge >= 0.3 is 11.9 Å². The molecule has 0 aliphatic heterocycles. The first kappa shape index (κ1) is 19.7. The third kappa shape index (κ3) is 4.50. The van der Waals surface area contributed by atoms with Crippen LogP contribution >= 0.6 is 0 Å². The van der Waals surface area contributed by atoms with E-state index in [4.69, 9.17) is 13.9 Å². The van der Waals surface area contributed by atoms with Gasteiger partial charge in [-0.2, -0.15) is 0 Å². The minimum absolute atomic E-state index is 0.0368. The second kappa shape index (κ2) is 8.65. The van der Waals surface area contributed by atoms with Crippen LogP contribution in [0.2, 0.25) is 0 Å². The second-order valence-electron chi connectivity index (χ2n) is 6.24. The first-order valence-electron chi connectivity index (χ1n) is 8.82. The zero-order valence-electron chi connectivity index (χ0n) is 15.5. The van der Waals surface area contributed by atoms with Gasteiger partial charge in [-0.25, -0.2) is 4.79 Å². The fourth-order valence-electron chi connectivity index (χ4n) is 2.32. The molecular weight excluding hydrogens is 336 g/mol. The molecule has 0 amide bonds. The zero-order chi connectivity index (χ0) is 19.3. The Hall–Kier alpha value is -2.63. The molecule has 26 heavy (non-hydrogen) atoms. The molecule has 6 heteroatoms. The lowest BCUT2D eigenvalue weighted by atomic mass is 10.1. The number of fused-ring (bicyclic) bond motifs is 1. The molecule has 140 valence electrons. The lowest BCUT2D eigenvalue weighted by Crippen LogP contribution is -2.24. The molecular formula is C20H24O6. The lowest BCUT2D eigenvalue weighted by Gasteiger charge is -2.14. The number of carbonyl (C=O) groups is 2. The van der Waals surface area contributed by atoms with Crippen LogP contribution in [0.3, 0.4) is 0 Å². The maximum Gasteiger partial charge on any atom is 0.374 e. The fourth-order valence-corrected chi connectivity index (χ4v) is 2.32. The molecule has 0 spiro atoms. The molecule has 6 nitrogen and oxygen atoms in total. The number of hydrogen-bond donors (Lipinski definition) is 0. The first-order valence-corrected chi connectivity index (χ1v) is 8.82. The standard InChI is InChI=1S/C20H24O6/c1-5-12(3)24-17(21)11-15-18(22)14-9-7-8-10-16(14)26-19(15)20(23)25-13(4)6-2/h7-10,12-13H,5-6,11H2,1-4H3. The first-order chi connectivity index (χ1) is 12.4. The molecule has 0 aliphatic rings. The molecule has 2 unspecified atom stereocenters. The molecule has 1 aromatic heterocycles. The average molecular weight is 360 g/mol. The van der Waals surface area contributed by atoms with Crippen molar-refractivity contribution in [1.82, 2.24) is 0 Å². The van der Waals surface area contributed by atoms with Crippen molar-refractivity contribution in [2.24, 2.45) is 0 Å². The average Bonchev–Trinajstić information content (AvgIpc) is 2.63. The normalized spacial score (nSPS) is 13.2. The van der Waals surface area contributed by atoms with Crippen LogP contribution < -0.4 is 5.43 Å². The summed E-state index contributed by atoms with van der Waals surface area (Å²) < 4.78 is 16.2. The molecule has 1 aromatic carbocycles. The summed E-state index contributed by atoms with van der Waals surface area (Å²) in [7, 11) is 0. The molecule has 0 saturated carbocycles. The van der Waals surface area contributed by atoms with Gasteiger partial charge in [0.25, 0.3) is 0 Å². The van der Waals surface area contributed by atoms with Crippen molar-refractivity contribution < 1.29 is 23.5 Å². The predicted octanol–water partition coefficient (Wildman–Crippen LogP) is 3.63. The fraction of sp³-hybridized carbons (Fsp3) is 0.450. The van der Waals surface area contributed by atoms with Crippen LogP contribution in [-0.2, 0) is 20.7 Å². The number of benzene rings is 1. The van der Waals surface area contributed by atoms with Gasteiger partial charge in [0, 0.05) is 0 Å². The van der Waals surface area contributed by atoms with E-state index in [1.807, 2.05) is 13.8 Å². The van der Waals surface area contributed by atoms with Gasteiger partial charge < -0.3 is 13.9 Å². The lowest BCUT2D eigenvalue weighted by molar-refractivity contribution is -0.147. The molecule has 0 bridgehead atoms. The molecule has 2 aromatic rings. The Kier molecular flexibility index (Phi) is 6.55. The summed E-state index contributed by atoms with van der Waals surface area (Å²) in [5, 5.41) is 0.305. The summed E-state index contributed by atoms with van der Waals surface area (Å²) in [4.78, 5) is 37.5. The van der Waals surface area contributed by atoms with Gasteiger partial charge in [-0.15, -0.1) is 0 Å². The smallest absolute Gasteiger partial charge is 0.374 e. The SMILES string of the molecule is CCC(C)OC(=O)Cc1c(C(=O)OC(C)CC)oc2ccccc2c1=O. The number of ether oxygens (including phenoxy) is 2. The van der Waals surface area contributed by atoms with E-state index >= 15 is 0 Å². The van der Waals surface area contributed by atoms with E-state index < -0.39 is 17.4 Å². The number of rotatable bonds is 7. The Labute approximate surface area is 152 Å². The maximum atomic E-state index is 12.8. The molecule has 2 rings (SSSR count). The minimum Gasteiger partial charge on any atom is -0.462 e. The summed E-state index contributed by atoms with van der Waals surface area (Å²) in [5.41, 5.74) is -0.193. The molecule has 0 radical (unpaired) electrons. The topological polar surface area (TPSA) is 82.8 Å². The van der Waals surface area contributed by atoms with Crippen LogP contribution in [0.15, 0.2) is 33.5 Å². The highest BCUT2D eigenvalue weighted by atomic mass is 16.6. The van der Waals surface area contributed by atoms with Crippen molar-refractivity contribution in [3.63, 3.8) is 0 Å².